The summed E-state index contributed by atoms with van der Waals surface area (Å²) in [5.74, 6) is 0. The molecule has 0 atom stereocenters. The van der Waals surface area contributed by atoms with E-state index < -0.39 is 0 Å². The number of halogens is 2. The standard InChI is InChI=1S/C10H9BrClN3/c1-7-2-8(3-10(12)14-7)5-15-6-9(11)4-13-15/h2-4,6H,5H2,1H3. The van der Waals surface area contributed by atoms with Crippen molar-refractivity contribution in [2.24, 2.45) is 0 Å². The summed E-state index contributed by atoms with van der Waals surface area (Å²) in [5.41, 5.74) is 2.02. The van der Waals surface area contributed by atoms with Crippen molar-refractivity contribution in [1.82, 2.24) is 14.8 Å². The SMILES string of the molecule is Cc1cc(Cn2cc(Br)cn2)cc(Cl)n1. The van der Waals surface area contributed by atoms with Crippen molar-refractivity contribution in [3.8, 4) is 0 Å². The van der Waals surface area contributed by atoms with E-state index in [0.717, 1.165) is 15.7 Å². The smallest absolute Gasteiger partial charge is 0.129 e. The Bertz CT molecular complexity index is 461. The molecule has 0 radical (unpaired) electrons. The first-order valence-electron chi connectivity index (χ1n) is 4.44. The van der Waals surface area contributed by atoms with Crippen LogP contribution in [0.2, 0.25) is 5.15 Å². The molecule has 0 saturated heterocycles. The van der Waals surface area contributed by atoms with E-state index in [4.69, 9.17) is 11.6 Å². The summed E-state index contributed by atoms with van der Waals surface area (Å²) >= 11 is 9.22. The number of aryl methyl sites for hydroxylation is 1. The van der Waals surface area contributed by atoms with Crippen LogP contribution in [0.3, 0.4) is 0 Å². The van der Waals surface area contributed by atoms with E-state index >= 15 is 0 Å². The van der Waals surface area contributed by atoms with E-state index in [0.29, 0.717) is 11.7 Å². The van der Waals surface area contributed by atoms with Crippen LogP contribution in [0.4, 0.5) is 0 Å². The van der Waals surface area contributed by atoms with Crippen molar-refractivity contribution in [2.75, 3.05) is 0 Å². The van der Waals surface area contributed by atoms with E-state index in [2.05, 4.69) is 26.0 Å². The second kappa shape index (κ2) is 4.33. The zero-order valence-corrected chi connectivity index (χ0v) is 10.5. The summed E-state index contributed by atoms with van der Waals surface area (Å²) in [6, 6.07) is 3.85. The van der Waals surface area contributed by atoms with Gasteiger partial charge in [-0.25, -0.2) is 4.98 Å². The molecule has 5 heteroatoms. The minimum Gasteiger partial charge on any atom is -0.267 e. The molecule has 0 aliphatic rings. The van der Waals surface area contributed by atoms with Gasteiger partial charge in [0.25, 0.3) is 0 Å². The van der Waals surface area contributed by atoms with Gasteiger partial charge in [-0.15, -0.1) is 0 Å². The molecule has 2 rings (SSSR count). The first kappa shape index (κ1) is 10.6. The van der Waals surface area contributed by atoms with Crippen LogP contribution in [0.1, 0.15) is 11.3 Å². The summed E-state index contributed by atoms with van der Waals surface area (Å²) in [4.78, 5) is 4.11. The molecule has 2 aromatic heterocycles. The third-order valence-corrected chi connectivity index (χ3v) is 2.53. The highest BCUT2D eigenvalue weighted by molar-refractivity contribution is 9.10. The fraction of sp³-hybridized carbons (Fsp3) is 0.200. The Morgan fingerprint density at radius 2 is 2.27 bits per heavy atom. The highest BCUT2D eigenvalue weighted by atomic mass is 79.9. The predicted octanol–water partition coefficient (Wildman–Crippen LogP) is 3.05. The van der Waals surface area contributed by atoms with Gasteiger partial charge in [0.15, 0.2) is 0 Å². The first-order chi connectivity index (χ1) is 7.13. The van der Waals surface area contributed by atoms with Gasteiger partial charge in [0, 0.05) is 11.9 Å². The molecule has 0 spiro atoms. The third kappa shape index (κ3) is 2.79. The number of hydrogen-bond acceptors (Lipinski definition) is 2. The molecule has 0 amide bonds. The lowest BCUT2D eigenvalue weighted by Crippen LogP contribution is -2.00. The molecule has 0 fully saturated rings. The fourth-order valence-corrected chi connectivity index (χ4v) is 2.00. The minimum atomic E-state index is 0.524. The predicted molar refractivity (Wildman–Crippen MR) is 63.0 cm³/mol. The second-order valence-electron chi connectivity index (χ2n) is 3.30. The van der Waals surface area contributed by atoms with Gasteiger partial charge in [0.1, 0.15) is 5.15 Å². The molecule has 0 aliphatic heterocycles. The van der Waals surface area contributed by atoms with Crippen LogP contribution in [0, 0.1) is 6.92 Å². The third-order valence-electron chi connectivity index (χ3n) is 1.93. The van der Waals surface area contributed by atoms with Crippen molar-refractivity contribution >= 4 is 27.5 Å². The Hall–Kier alpha value is -0.870. The Kier molecular flexibility index (Phi) is 3.07. The Morgan fingerprint density at radius 1 is 1.47 bits per heavy atom. The molecule has 0 saturated carbocycles. The van der Waals surface area contributed by atoms with Crippen LogP contribution in [0.25, 0.3) is 0 Å². The molecule has 2 heterocycles. The molecule has 0 N–H and O–H groups in total. The Balaban J connectivity index is 2.24. The number of hydrogen-bond donors (Lipinski definition) is 0. The van der Waals surface area contributed by atoms with Crippen molar-refractivity contribution in [2.45, 2.75) is 13.5 Å². The molecule has 78 valence electrons. The molecule has 0 aliphatic carbocycles. The molecule has 2 aromatic rings. The van der Waals surface area contributed by atoms with Crippen molar-refractivity contribution in [3.63, 3.8) is 0 Å². The zero-order valence-electron chi connectivity index (χ0n) is 8.11. The average Bonchev–Trinajstić information content (AvgIpc) is 2.49. The lowest BCUT2D eigenvalue weighted by molar-refractivity contribution is 0.685. The van der Waals surface area contributed by atoms with Crippen LogP contribution in [0.15, 0.2) is 29.0 Å². The molecule has 3 nitrogen and oxygen atoms in total. The van der Waals surface area contributed by atoms with Crippen molar-refractivity contribution < 1.29 is 0 Å². The maximum atomic E-state index is 5.87. The van der Waals surface area contributed by atoms with Crippen molar-refractivity contribution in [1.29, 1.82) is 0 Å². The monoisotopic (exact) mass is 285 g/mol. The van der Waals surface area contributed by atoms with E-state index in [9.17, 15) is 0 Å². The van der Waals surface area contributed by atoms with Crippen LogP contribution < -0.4 is 0 Å². The molecule has 15 heavy (non-hydrogen) atoms. The molecule has 0 unspecified atom stereocenters. The largest absolute Gasteiger partial charge is 0.267 e. The topological polar surface area (TPSA) is 30.7 Å². The Labute approximate surface area is 101 Å². The molecular formula is C10H9BrClN3. The van der Waals surface area contributed by atoms with Crippen LogP contribution >= 0.6 is 27.5 Å². The van der Waals surface area contributed by atoms with Gasteiger partial charge in [0.2, 0.25) is 0 Å². The summed E-state index contributed by atoms with van der Waals surface area (Å²) in [5, 5.41) is 4.70. The fourth-order valence-electron chi connectivity index (χ4n) is 1.40. The van der Waals surface area contributed by atoms with Crippen molar-refractivity contribution in [3.05, 3.63) is 45.4 Å². The number of aromatic nitrogens is 3. The highest BCUT2D eigenvalue weighted by Crippen LogP contribution is 2.13. The van der Waals surface area contributed by atoms with Gasteiger partial charge in [-0.2, -0.15) is 5.10 Å². The van der Waals surface area contributed by atoms with E-state index in [-0.39, 0.29) is 0 Å². The number of rotatable bonds is 2. The van der Waals surface area contributed by atoms with Gasteiger partial charge in [-0.05, 0) is 40.5 Å². The van der Waals surface area contributed by atoms with Gasteiger partial charge >= 0.3 is 0 Å². The molecular weight excluding hydrogens is 277 g/mol. The quantitative estimate of drug-likeness (QED) is 0.795. The summed E-state index contributed by atoms with van der Waals surface area (Å²) in [7, 11) is 0. The van der Waals surface area contributed by atoms with Gasteiger partial charge in [0.05, 0.1) is 17.2 Å². The van der Waals surface area contributed by atoms with E-state index in [1.165, 1.54) is 0 Å². The van der Waals surface area contributed by atoms with Gasteiger partial charge in [-0.1, -0.05) is 11.6 Å². The average molecular weight is 287 g/mol. The second-order valence-corrected chi connectivity index (χ2v) is 4.60. The summed E-state index contributed by atoms with van der Waals surface area (Å²) in [6.45, 7) is 2.63. The number of nitrogens with zero attached hydrogens (tertiary/aromatic N) is 3. The van der Waals surface area contributed by atoms with E-state index in [1.54, 1.807) is 6.20 Å². The summed E-state index contributed by atoms with van der Waals surface area (Å²) < 4.78 is 2.81. The molecule has 0 bridgehead atoms. The lowest BCUT2D eigenvalue weighted by atomic mass is 10.2. The van der Waals surface area contributed by atoms with E-state index in [1.807, 2.05) is 29.9 Å². The van der Waals surface area contributed by atoms with Gasteiger partial charge < -0.3 is 0 Å². The van der Waals surface area contributed by atoms with Gasteiger partial charge in [-0.3, -0.25) is 4.68 Å². The normalized spacial score (nSPS) is 10.6. The first-order valence-corrected chi connectivity index (χ1v) is 5.61. The minimum absolute atomic E-state index is 0.524. The van der Waals surface area contributed by atoms with Crippen LogP contribution in [0.5, 0.6) is 0 Å². The highest BCUT2D eigenvalue weighted by Gasteiger charge is 2.00. The summed E-state index contributed by atoms with van der Waals surface area (Å²) in [6.07, 6.45) is 3.68. The van der Waals surface area contributed by atoms with Crippen LogP contribution in [-0.4, -0.2) is 14.8 Å². The maximum absolute atomic E-state index is 5.87. The lowest BCUT2D eigenvalue weighted by Gasteiger charge is -2.03. The zero-order chi connectivity index (χ0) is 10.8. The molecule has 0 aromatic carbocycles. The number of pyridine rings is 1. The Morgan fingerprint density at radius 3 is 2.87 bits per heavy atom. The maximum Gasteiger partial charge on any atom is 0.129 e. The van der Waals surface area contributed by atoms with Crippen LogP contribution in [-0.2, 0) is 6.54 Å².